The maximum Gasteiger partial charge on any atom is 0.407 e. The molecule has 1 unspecified atom stereocenters. The fourth-order valence-corrected chi connectivity index (χ4v) is 2.14. The number of halogens is 2. The van der Waals surface area contributed by atoms with Crippen molar-refractivity contribution >= 4 is 29.3 Å². The van der Waals surface area contributed by atoms with E-state index in [9.17, 15) is 9.90 Å². The van der Waals surface area contributed by atoms with E-state index in [0.29, 0.717) is 23.0 Å². The Hall–Kier alpha value is -0.970. The summed E-state index contributed by atoms with van der Waals surface area (Å²) >= 11 is 12.0. The lowest BCUT2D eigenvalue weighted by Gasteiger charge is -2.21. The van der Waals surface area contributed by atoms with E-state index in [1.54, 1.807) is 39.0 Å². The lowest BCUT2D eigenvalue weighted by molar-refractivity contribution is 0.0512. The van der Waals surface area contributed by atoms with Gasteiger partial charge in [-0.2, -0.15) is 0 Å². The van der Waals surface area contributed by atoms with E-state index in [-0.39, 0.29) is 12.5 Å². The number of rotatable bonds is 5. The highest BCUT2D eigenvalue weighted by atomic mass is 35.5. The van der Waals surface area contributed by atoms with Crippen LogP contribution < -0.4 is 5.32 Å². The van der Waals surface area contributed by atoms with E-state index in [0.717, 1.165) is 5.56 Å². The van der Waals surface area contributed by atoms with Gasteiger partial charge in [-0.05, 0) is 51.0 Å². The highest BCUT2D eigenvalue weighted by Crippen LogP contribution is 2.23. The molecule has 1 rings (SSSR count). The van der Waals surface area contributed by atoms with Gasteiger partial charge in [0.15, 0.2) is 0 Å². The average molecular weight is 334 g/mol. The molecule has 0 spiro atoms. The zero-order chi connectivity index (χ0) is 16.0. The Bertz CT molecular complexity index is 486. The van der Waals surface area contributed by atoms with E-state index >= 15 is 0 Å². The lowest BCUT2D eigenvalue weighted by Crippen LogP contribution is -2.36. The monoisotopic (exact) mass is 333 g/mol. The van der Waals surface area contributed by atoms with Crippen LogP contribution in [-0.2, 0) is 11.2 Å². The van der Waals surface area contributed by atoms with Crippen molar-refractivity contribution in [3.05, 3.63) is 33.8 Å². The highest BCUT2D eigenvalue weighted by molar-refractivity contribution is 6.33. The van der Waals surface area contributed by atoms with Crippen molar-refractivity contribution in [2.24, 2.45) is 5.92 Å². The lowest BCUT2D eigenvalue weighted by atomic mass is 10.00. The van der Waals surface area contributed by atoms with Crippen LogP contribution >= 0.6 is 23.2 Å². The van der Waals surface area contributed by atoms with E-state index in [1.807, 2.05) is 0 Å². The molecule has 0 radical (unpaired) electrons. The number of aliphatic hydroxyl groups excluding tert-OH is 1. The number of ether oxygens (including phenoxy) is 1. The first kappa shape index (κ1) is 18.1. The van der Waals surface area contributed by atoms with Gasteiger partial charge in [0, 0.05) is 29.1 Å². The van der Waals surface area contributed by atoms with Crippen molar-refractivity contribution in [2.45, 2.75) is 32.8 Å². The van der Waals surface area contributed by atoms with Gasteiger partial charge in [-0.1, -0.05) is 23.2 Å². The second kappa shape index (κ2) is 7.87. The quantitative estimate of drug-likeness (QED) is 0.864. The van der Waals surface area contributed by atoms with Gasteiger partial charge in [0.25, 0.3) is 0 Å². The van der Waals surface area contributed by atoms with Crippen molar-refractivity contribution in [1.82, 2.24) is 5.32 Å². The SMILES string of the molecule is CC(C)(C)OC(=O)NCC(CO)Cc1cc(Cl)ccc1Cl. The zero-order valence-electron chi connectivity index (χ0n) is 12.5. The molecule has 118 valence electrons. The third-order valence-electron chi connectivity index (χ3n) is 2.71. The van der Waals surface area contributed by atoms with Crippen LogP contribution in [0.1, 0.15) is 26.3 Å². The number of carbonyl (C=O) groups excluding carboxylic acids is 1. The number of nitrogens with one attached hydrogen (secondary N) is 1. The maximum atomic E-state index is 11.6. The molecular weight excluding hydrogens is 313 g/mol. The van der Waals surface area contributed by atoms with Crippen molar-refractivity contribution in [3.63, 3.8) is 0 Å². The molecule has 0 bridgehead atoms. The van der Waals surface area contributed by atoms with Gasteiger partial charge in [-0.3, -0.25) is 0 Å². The van der Waals surface area contributed by atoms with Crippen LogP contribution in [-0.4, -0.2) is 30.0 Å². The standard InChI is InChI=1S/C15H21Cl2NO3/c1-15(2,3)21-14(20)18-8-10(9-19)6-11-7-12(16)4-5-13(11)17/h4-5,7,10,19H,6,8-9H2,1-3H3,(H,18,20). The molecule has 0 saturated carbocycles. The Morgan fingerprint density at radius 2 is 2.05 bits per heavy atom. The summed E-state index contributed by atoms with van der Waals surface area (Å²) in [6, 6.07) is 5.19. The molecule has 21 heavy (non-hydrogen) atoms. The Kier molecular flexibility index (Phi) is 6.78. The number of amides is 1. The number of hydrogen-bond donors (Lipinski definition) is 2. The normalized spacial score (nSPS) is 12.9. The molecule has 1 aromatic rings. The first-order valence-corrected chi connectivity index (χ1v) is 7.48. The molecule has 0 aliphatic rings. The Balaban J connectivity index is 2.56. The second-order valence-corrected chi connectivity index (χ2v) is 6.71. The first-order chi connectivity index (χ1) is 9.71. The van der Waals surface area contributed by atoms with Gasteiger partial charge >= 0.3 is 6.09 Å². The summed E-state index contributed by atoms with van der Waals surface area (Å²) < 4.78 is 5.15. The molecule has 0 heterocycles. The smallest absolute Gasteiger partial charge is 0.407 e. The molecule has 6 heteroatoms. The van der Waals surface area contributed by atoms with Gasteiger partial charge in [0.1, 0.15) is 5.60 Å². The van der Waals surface area contributed by atoms with Crippen LogP contribution in [0.25, 0.3) is 0 Å². The molecule has 1 atom stereocenters. The predicted molar refractivity (Wildman–Crippen MR) is 85.0 cm³/mol. The molecule has 1 amide bonds. The van der Waals surface area contributed by atoms with Crippen LogP contribution in [0.2, 0.25) is 10.0 Å². The molecule has 1 aromatic carbocycles. The molecule has 4 nitrogen and oxygen atoms in total. The average Bonchev–Trinajstić information content (AvgIpc) is 2.36. The molecule has 0 aromatic heterocycles. The van der Waals surface area contributed by atoms with Crippen molar-refractivity contribution < 1.29 is 14.6 Å². The Labute approximate surface area is 135 Å². The van der Waals surface area contributed by atoms with Gasteiger partial charge in [0.05, 0.1) is 0 Å². The van der Waals surface area contributed by atoms with E-state index in [4.69, 9.17) is 27.9 Å². The van der Waals surface area contributed by atoms with Gasteiger partial charge in [-0.25, -0.2) is 4.79 Å². The van der Waals surface area contributed by atoms with Crippen LogP contribution in [0, 0.1) is 5.92 Å². The largest absolute Gasteiger partial charge is 0.444 e. The minimum Gasteiger partial charge on any atom is -0.444 e. The highest BCUT2D eigenvalue weighted by Gasteiger charge is 2.18. The summed E-state index contributed by atoms with van der Waals surface area (Å²) in [5.41, 5.74) is 0.295. The fraction of sp³-hybridized carbons (Fsp3) is 0.533. The summed E-state index contributed by atoms with van der Waals surface area (Å²) in [6.45, 7) is 5.61. The minimum absolute atomic E-state index is 0.0708. The van der Waals surface area contributed by atoms with Crippen LogP contribution in [0.15, 0.2) is 18.2 Å². The summed E-state index contributed by atoms with van der Waals surface area (Å²) in [5.74, 6) is -0.159. The summed E-state index contributed by atoms with van der Waals surface area (Å²) in [5, 5.41) is 13.3. The third-order valence-corrected chi connectivity index (χ3v) is 3.31. The third kappa shape index (κ3) is 7.02. The molecule has 0 saturated heterocycles. The van der Waals surface area contributed by atoms with Gasteiger partial charge in [0.2, 0.25) is 0 Å². The topological polar surface area (TPSA) is 58.6 Å². The van der Waals surface area contributed by atoms with Crippen molar-refractivity contribution in [2.75, 3.05) is 13.2 Å². The summed E-state index contributed by atoms with van der Waals surface area (Å²) in [7, 11) is 0. The second-order valence-electron chi connectivity index (χ2n) is 5.87. The summed E-state index contributed by atoms with van der Waals surface area (Å²) in [4.78, 5) is 11.6. The van der Waals surface area contributed by atoms with Crippen molar-refractivity contribution in [3.8, 4) is 0 Å². The van der Waals surface area contributed by atoms with E-state index < -0.39 is 11.7 Å². The van der Waals surface area contributed by atoms with E-state index in [1.165, 1.54) is 0 Å². The number of benzene rings is 1. The Morgan fingerprint density at radius 3 is 2.62 bits per heavy atom. The molecule has 0 aliphatic heterocycles. The number of alkyl carbamates (subject to hydrolysis) is 1. The molecule has 2 N–H and O–H groups in total. The number of aliphatic hydroxyl groups is 1. The fourth-order valence-electron chi connectivity index (χ4n) is 1.75. The zero-order valence-corrected chi connectivity index (χ0v) is 14.0. The molecule has 0 aliphatic carbocycles. The van der Waals surface area contributed by atoms with E-state index in [2.05, 4.69) is 5.32 Å². The predicted octanol–water partition coefficient (Wildman–Crippen LogP) is 3.67. The van der Waals surface area contributed by atoms with Crippen LogP contribution in [0.3, 0.4) is 0 Å². The number of carbonyl (C=O) groups is 1. The van der Waals surface area contributed by atoms with Crippen LogP contribution in [0.5, 0.6) is 0 Å². The molecular formula is C15H21Cl2NO3. The first-order valence-electron chi connectivity index (χ1n) is 6.73. The number of hydrogen-bond acceptors (Lipinski definition) is 3. The minimum atomic E-state index is -0.547. The van der Waals surface area contributed by atoms with Crippen molar-refractivity contribution in [1.29, 1.82) is 0 Å². The molecule has 0 fully saturated rings. The maximum absolute atomic E-state index is 11.6. The van der Waals surface area contributed by atoms with Gasteiger partial charge in [-0.15, -0.1) is 0 Å². The van der Waals surface area contributed by atoms with Crippen LogP contribution in [0.4, 0.5) is 4.79 Å². The summed E-state index contributed by atoms with van der Waals surface area (Å²) in [6.07, 6.45) is 0.0178. The van der Waals surface area contributed by atoms with Gasteiger partial charge < -0.3 is 15.2 Å². The Morgan fingerprint density at radius 1 is 1.38 bits per heavy atom.